The quantitative estimate of drug-likeness (QED) is 0.726. The van der Waals surface area contributed by atoms with E-state index in [4.69, 9.17) is 5.11 Å². The molecule has 2 aliphatic rings. The van der Waals surface area contributed by atoms with Gasteiger partial charge in [-0.1, -0.05) is 0 Å². The van der Waals surface area contributed by atoms with Crippen LogP contribution >= 0.6 is 0 Å². The highest BCUT2D eigenvalue weighted by molar-refractivity contribution is 5.74. The van der Waals surface area contributed by atoms with Crippen molar-refractivity contribution in [1.29, 1.82) is 0 Å². The third-order valence-electron chi connectivity index (χ3n) is 3.65. The molecular formula is C11H19NO2. The molecule has 14 heavy (non-hydrogen) atoms. The zero-order valence-corrected chi connectivity index (χ0v) is 8.78. The molecule has 1 saturated heterocycles. The predicted molar refractivity (Wildman–Crippen MR) is 53.7 cm³/mol. The number of rotatable bonds is 4. The van der Waals surface area contributed by atoms with Gasteiger partial charge < -0.3 is 10.0 Å². The Labute approximate surface area is 85.1 Å². The highest BCUT2D eigenvalue weighted by Crippen LogP contribution is 2.44. The summed E-state index contributed by atoms with van der Waals surface area (Å²) in [7, 11) is 0. The van der Waals surface area contributed by atoms with Crippen LogP contribution in [0.5, 0.6) is 0 Å². The van der Waals surface area contributed by atoms with Crippen molar-refractivity contribution in [1.82, 2.24) is 4.90 Å². The lowest BCUT2D eigenvalue weighted by atomic mass is 9.80. The summed E-state index contributed by atoms with van der Waals surface area (Å²) >= 11 is 0. The summed E-state index contributed by atoms with van der Waals surface area (Å²) in [5, 5.41) is 8.98. The van der Waals surface area contributed by atoms with Gasteiger partial charge in [0.1, 0.15) is 0 Å². The first-order chi connectivity index (χ1) is 6.72. The summed E-state index contributed by atoms with van der Waals surface area (Å²) in [6, 6.07) is 0. The van der Waals surface area contributed by atoms with Crippen LogP contribution in [0, 0.1) is 17.8 Å². The van der Waals surface area contributed by atoms with E-state index in [0.717, 1.165) is 25.4 Å². The number of hydrogen-bond acceptors (Lipinski definition) is 2. The van der Waals surface area contributed by atoms with E-state index in [1.165, 1.54) is 12.8 Å². The molecule has 80 valence electrons. The molecule has 0 aromatic rings. The summed E-state index contributed by atoms with van der Waals surface area (Å²) in [6.45, 7) is 3.79. The van der Waals surface area contributed by atoms with Crippen molar-refractivity contribution < 1.29 is 9.90 Å². The van der Waals surface area contributed by atoms with E-state index in [0.29, 0.717) is 18.4 Å². The average Bonchev–Trinajstić information content (AvgIpc) is 2.81. The fraction of sp³-hybridized carbons (Fsp3) is 0.909. The number of carbonyl (C=O) groups is 1. The van der Waals surface area contributed by atoms with Gasteiger partial charge in [-0.3, -0.25) is 4.79 Å². The van der Waals surface area contributed by atoms with Gasteiger partial charge in [0, 0.05) is 26.6 Å². The lowest BCUT2D eigenvalue weighted by molar-refractivity contribution is -0.136. The van der Waals surface area contributed by atoms with Gasteiger partial charge in [-0.25, -0.2) is 0 Å². The third-order valence-corrected chi connectivity index (χ3v) is 3.65. The number of aliphatic hydroxyl groups is 1. The maximum absolute atomic E-state index is 11.0. The molecular weight excluding hydrogens is 178 g/mol. The minimum atomic E-state index is 0.194. The molecule has 1 N–H and O–H groups in total. The molecule has 2 rings (SSSR count). The average molecular weight is 197 g/mol. The molecule has 0 spiro atoms. The van der Waals surface area contributed by atoms with E-state index < -0.39 is 0 Å². The van der Waals surface area contributed by atoms with Gasteiger partial charge in [-0.05, 0) is 37.0 Å². The molecule has 1 atom stereocenters. The molecule has 1 saturated carbocycles. The summed E-state index contributed by atoms with van der Waals surface area (Å²) in [5.41, 5.74) is 0. The Hall–Kier alpha value is -0.570. The van der Waals surface area contributed by atoms with Crippen molar-refractivity contribution in [3.63, 3.8) is 0 Å². The summed E-state index contributed by atoms with van der Waals surface area (Å²) in [4.78, 5) is 12.9. The van der Waals surface area contributed by atoms with Crippen LogP contribution in [0.4, 0.5) is 0 Å². The van der Waals surface area contributed by atoms with Crippen molar-refractivity contribution in [3.8, 4) is 0 Å². The molecule has 1 aliphatic heterocycles. The Balaban J connectivity index is 1.80. The molecule has 3 heteroatoms. The van der Waals surface area contributed by atoms with E-state index in [2.05, 4.69) is 0 Å². The second-order valence-electron chi connectivity index (χ2n) is 4.70. The SMILES string of the molecule is CC(=O)N1CC(C(CCO)C2CC2)C1. The van der Waals surface area contributed by atoms with Crippen LogP contribution in [0.1, 0.15) is 26.2 Å². The fourth-order valence-electron chi connectivity index (χ4n) is 2.57. The Morgan fingerprint density at radius 2 is 2.07 bits per heavy atom. The first-order valence-electron chi connectivity index (χ1n) is 5.58. The van der Waals surface area contributed by atoms with Crippen LogP contribution < -0.4 is 0 Å². The van der Waals surface area contributed by atoms with Gasteiger partial charge in [0.15, 0.2) is 0 Å². The van der Waals surface area contributed by atoms with E-state index in [9.17, 15) is 4.79 Å². The second-order valence-corrected chi connectivity index (χ2v) is 4.70. The van der Waals surface area contributed by atoms with E-state index >= 15 is 0 Å². The van der Waals surface area contributed by atoms with Crippen molar-refractivity contribution in [2.75, 3.05) is 19.7 Å². The molecule has 1 amide bonds. The molecule has 1 unspecified atom stereocenters. The second kappa shape index (κ2) is 3.89. The largest absolute Gasteiger partial charge is 0.396 e. The number of aliphatic hydroxyl groups excluding tert-OH is 1. The number of amides is 1. The highest BCUT2D eigenvalue weighted by Gasteiger charge is 2.41. The molecule has 0 bridgehead atoms. The number of carbonyl (C=O) groups excluding carboxylic acids is 1. The van der Waals surface area contributed by atoms with Crippen LogP contribution in [0.25, 0.3) is 0 Å². The van der Waals surface area contributed by atoms with Gasteiger partial charge in [-0.15, -0.1) is 0 Å². The lowest BCUT2D eigenvalue weighted by Crippen LogP contribution is -2.52. The zero-order chi connectivity index (χ0) is 10.1. The Bertz CT molecular complexity index is 219. The smallest absolute Gasteiger partial charge is 0.219 e. The van der Waals surface area contributed by atoms with Gasteiger partial charge in [0.05, 0.1) is 0 Å². The van der Waals surface area contributed by atoms with Crippen LogP contribution in [0.15, 0.2) is 0 Å². The minimum Gasteiger partial charge on any atom is -0.396 e. The monoisotopic (exact) mass is 197 g/mol. The van der Waals surface area contributed by atoms with Gasteiger partial charge in [0.25, 0.3) is 0 Å². The van der Waals surface area contributed by atoms with Crippen molar-refractivity contribution in [2.45, 2.75) is 26.2 Å². The summed E-state index contributed by atoms with van der Waals surface area (Å²) in [6.07, 6.45) is 3.60. The standard InChI is InChI=1S/C11H19NO2/c1-8(14)12-6-10(7-12)11(4-5-13)9-2-3-9/h9-11,13H,2-7H2,1H3. The fourth-order valence-corrected chi connectivity index (χ4v) is 2.57. The van der Waals surface area contributed by atoms with Crippen LogP contribution in [-0.2, 0) is 4.79 Å². The third kappa shape index (κ3) is 1.92. The first-order valence-corrected chi connectivity index (χ1v) is 5.58. The summed E-state index contributed by atoms with van der Waals surface area (Å²) < 4.78 is 0. The maximum Gasteiger partial charge on any atom is 0.219 e. The van der Waals surface area contributed by atoms with E-state index in [1.54, 1.807) is 6.92 Å². The Morgan fingerprint density at radius 3 is 2.50 bits per heavy atom. The molecule has 0 aromatic carbocycles. The van der Waals surface area contributed by atoms with Gasteiger partial charge in [-0.2, -0.15) is 0 Å². The molecule has 1 heterocycles. The van der Waals surface area contributed by atoms with Crippen LogP contribution in [0.3, 0.4) is 0 Å². The minimum absolute atomic E-state index is 0.194. The molecule has 0 aromatic heterocycles. The van der Waals surface area contributed by atoms with Crippen molar-refractivity contribution in [3.05, 3.63) is 0 Å². The van der Waals surface area contributed by atoms with Gasteiger partial charge >= 0.3 is 0 Å². The topological polar surface area (TPSA) is 40.5 Å². The molecule has 0 radical (unpaired) electrons. The number of hydrogen-bond donors (Lipinski definition) is 1. The molecule has 1 aliphatic carbocycles. The lowest BCUT2D eigenvalue weighted by Gasteiger charge is -2.43. The highest BCUT2D eigenvalue weighted by atomic mass is 16.3. The Kier molecular flexibility index (Phi) is 2.77. The van der Waals surface area contributed by atoms with Crippen molar-refractivity contribution in [2.24, 2.45) is 17.8 Å². The number of nitrogens with zero attached hydrogens (tertiary/aromatic N) is 1. The van der Waals surface area contributed by atoms with Gasteiger partial charge in [0.2, 0.25) is 5.91 Å². The van der Waals surface area contributed by atoms with Crippen LogP contribution in [-0.4, -0.2) is 35.6 Å². The summed E-state index contributed by atoms with van der Waals surface area (Å²) in [5.74, 6) is 2.38. The number of likely N-dealkylation sites (tertiary alicyclic amines) is 1. The van der Waals surface area contributed by atoms with E-state index in [1.807, 2.05) is 4.90 Å². The van der Waals surface area contributed by atoms with Crippen LogP contribution in [0.2, 0.25) is 0 Å². The molecule has 2 fully saturated rings. The first kappa shape index (κ1) is 9.97. The predicted octanol–water partition coefficient (Wildman–Crippen LogP) is 0.873. The molecule has 3 nitrogen and oxygen atoms in total. The maximum atomic E-state index is 11.0. The zero-order valence-electron chi connectivity index (χ0n) is 8.78. The normalized spacial score (nSPS) is 24.6. The Morgan fingerprint density at radius 1 is 1.43 bits per heavy atom. The van der Waals surface area contributed by atoms with E-state index in [-0.39, 0.29) is 5.91 Å². The van der Waals surface area contributed by atoms with Crippen molar-refractivity contribution >= 4 is 5.91 Å².